The van der Waals surface area contributed by atoms with E-state index in [1.54, 1.807) is 13.2 Å². The molecule has 3 aromatic rings. The Hall–Kier alpha value is -2.19. The summed E-state index contributed by atoms with van der Waals surface area (Å²) in [5, 5.41) is 0.749. The van der Waals surface area contributed by atoms with Crippen molar-refractivity contribution in [2.75, 3.05) is 17.3 Å². The van der Waals surface area contributed by atoms with Gasteiger partial charge in [-0.15, -0.1) is 0 Å². The van der Waals surface area contributed by atoms with Gasteiger partial charge in [0.2, 0.25) is 11.8 Å². The smallest absolute Gasteiger partial charge is 0.237 e. The summed E-state index contributed by atoms with van der Waals surface area (Å²) in [6.45, 7) is 1.90. The van der Waals surface area contributed by atoms with Gasteiger partial charge in [-0.1, -0.05) is 41.4 Å². The van der Waals surface area contributed by atoms with Crippen molar-refractivity contribution in [3.63, 3.8) is 0 Å². The highest BCUT2D eigenvalue weighted by atomic mass is 35.5. The topological polar surface area (TPSA) is 68.3 Å². The third kappa shape index (κ3) is 5.40. The fourth-order valence-corrected chi connectivity index (χ4v) is 3.26. The van der Waals surface area contributed by atoms with Crippen LogP contribution in [0.15, 0.2) is 53.4 Å². The number of para-hydroxylation sites is 1. The minimum absolute atomic E-state index is 0.252. The number of nitrogens with zero attached hydrogens (tertiary/aromatic N) is 2. The molecule has 140 valence electrons. The molecule has 2 aromatic carbocycles. The summed E-state index contributed by atoms with van der Waals surface area (Å²) in [4.78, 5) is 14.3. The molecule has 0 fully saturated rings. The maximum Gasteiger partial charge on any atom is 0.237 e. The summed E-state index contributed by atoms with van der Waals surface area (Å²) in [5.74, 6) is 1.15. The molecule has 0 bridgehead atoms. The molecule has 1 heterocycles. The molecule has 6 nitrogen and oxygen atoms in total. The van der Waals surface area contributed by atoms with Crippen LogP contribution in [0.5, 0.6) is 11.6 Å². The highest BCUT2D eigenvalue weighted by Gasteiger charge is 2.10. The molecular weight excluding hydrogens is 407 g/mol. The molecule has 0 amide bonds. The van der Waals surface area contributed by atoms with Crippen LogP contribution in [0.1, 0.15) is 5.56 Å². The summed E-state index contributed by atoms with van der Waals surface area (Å²) in [7, 11) is 1.56. The van der Waals surface area contributed by atoms with E-state index in [1.165, 1.54) is 18.0 Å². The van der Waals surface area contributed by atoms with Gasteiger partial charge >= 0.3 is 0 Å². The van der Waals surface area contributed by atoms with Gasteiger partial charge in [-0.3, -0.25) is 15.0 Å². The lowest BCUT2D eigenvalue weighted by molar-refractivity contribution is 0.271. The first-order chi connectivity index (χ1) is 13.0. The van der Waals surface area contributed by atoms with Crippen LogP contribution in [0.25, 0.3) is 0 Å². The highest BCUT2D eigenvalue weighted by Crippen LogP contribution is 2.33. The number of rotatable bonds is 7. The predicted octanol–water partition coefficient (Wildman–Crippen LogP) is 5.98. The van der Waals surface area contributed by atoms with E-state index < -0.39 is 0 Å². The van der Waals surface area contributed by atoms with Gasteiger partial charge in [0.25, 0.3) is 0 Å². The number of ether oxygens (including phenoxy) is 1. The minimum Gasteiger partial charge on any atom is -0.437 e. The van der Waals surface area contributed by atoms with Crippen molar-refractivity contribution in [2.45, 2.75) is 11.8 Å². The fraction of sp³-hybridized carbons (Fsp3) is 0.111. The Kier molecular flexibility index (Phi) is 6.63. The molecule has 0 aliphatic carbocycles. The van der Waals surface area contributed by atoms with Gasteiger partial charge in [0, 0.05) is 11.0 Å². The molecular formula is C18H16Cl2N4O2S. The molecule has 9 heteroatoms. The fourth-order valence-electron chi connectivity index (χ4n) is 2.19. The van der Waals surface area contributed by atoms with Crippen molar-refractivity contribution in [2.24, 2.45) is 0 Å². The number of hydrogen-bond donors (Lipinski definition) is 2. The molecule has 1 aromatic heterocycles. The largest absolute Gasteiger partial charge is 0.437 e. The zero-order valence-electron chi connectivity index (χ0n) is 14.5. The molecule has 0 aliphatic rings. The second-order valence-corrected chi connectivity index (χ2v) is 7.05. The molecule has 0 saturated carbocycles. The second kappa shape index (κ2) is 9.14. The molecule has 0 aliphatic heterocycles. The monoisotopic (exact) mass is 422 g/mol. The zero-order valence-corrected chi connectivity index (χ0v) is 16.8. The Labute approximate surface area is 171 Å². The van der Waals surface area contributed by atoms with Crippen LogP contribution in [0.3, 0.4) is 0 Å². The van der Waals surface area contributed by atoms with Gasteiger partial charge in [-0.05, 0) is 48.7 Å². The number of aromatic nitrogens is 2. The van der Waals surface area contributed by atoms with Crippen LogP contribution in [-0.2, 0) is 4.84 Å². The van der Waals surface area contributed by atoms with Crippen LogP contribution >= 0.6 is 35.1 Å². The third-order valence-corrected chi connectivity index (χ3v) is 4.62. The summed E-state index contributed by atoms with van der Waals surface area (Å²) in [5.41, 5.74) is 4.50. The number of benzene rings is 2. The molecule has 0 spiro atoms. The van der Waals surface area contributed by atoms with Gasteiger partial charge in [-0.2, -0.15) is 4.98 Å². The van der Waals surface area contributed by atoms with Crippen LogP contribution in [0.2, 0.25) is 10.2 Å². The van der Waals surface area contributed by atoms with Crippen LogP contribution in [0, 0.1) is 6.92 Å². The Bertz CT molecular complexity index is 923. The summed E-state index contributed by atoms with van der Waals surface area (Å²) < 4.78 is 8.88. The van der Waals surface area contributed by atoms with E-state index in [4.69, 9.17) is 32.8 Å². The van der Waals surface area contributed by atoms with Crippen LogP contribution in [0.4, 0.5) is 11.6 Å². The second-order valence-electron chi connectivity index (χ2n) is 5.38. The van der Waals surface area contributed by atoms with E-state index in [1.807, 2.05) is 43.3 Å². The maximum atomic E-state index is 6.20. The summed E-state index contributed by atoms with van der Waals surface area (Å²) in [6.07, 6.45) is 0. The van der Waals surface area contributed by atoms with E-state index in [0.29, 0.717) is 22.6 Å². The predicted molar refractivity (Wildman–Crippen MR) is 110 cm³/mol. The van der Waals surface area contributed by atoms with E-state index in [-0.39, 0.29) is 5.15 Å². The Morgan fingerprint density at radius 3 is 2.63 bits per heavy atom. The van der Waals surface area contributed by atoms with E-state index in [2.05, 4.69) is 20.2 Å². The van der Waals surface area contributed by atoms with Gasteiger partial charge in [-0.25, -0.2) is 4.98 Å². The average molecular weight is 423 g/mol. The normalized spacial score (nSPS) is 10.5. The van der Waals surface area contributed by atoms with E-state index in [0.717, 1.165) is 16.1 Å². The third-order valence-electron chi connectivity index (χ3n) is 3.36. The Morgan fingerprint density at radius 2 is 1.85 bits per heavy atom. The number of aryl methyl sites for hydroxylation is 1. The summed E-state index contributed by atoms with van der Waals surface area (Å²) >= 11 is 13.6. The first kappa shape index (κ1) is 19.6. The molecule has 0 unspecified atom stereocenters. The minimum atomic E-state index is 0.252. The average Bonchev–Trinajstić information content (AvgIpc) is 2.63. The molecule has 0 saturated heterocycles. The zero-order chi connectivity index (χ0) is 19.2. The lowest BCUT2D eigenvalue weighted by atomic mass is 10.2. The van der Waals surface area contributed by atoms with Crippen LogP contribution < -0.4 is 14.9 Å². The number of hydrogen-bond acceptors (Lipinski definition) is 7. The van der Waals surface area contributed by atoms with Gasteiger partial charge in [0.05, 0.1) is 17.8 Å². The standard InChI is InChI=1S/C18H16Cl2N4O2S/c1-11-5-3-8-14(19)17(11)26-16-10-15(20)21-18(22-16)24-27-13-7-4-6-12(9-13)23-25-2/h3-10,23H,1-2H3,(H,21,22,24). The van der Waals surface area contributed by atoms with Crippen molar-refractivity contribution < 1.29 is 9.57 Å². The van der Waals surface area contributed by atoms with Crippen LogP contribution in [-0.4, -0.2) is 17.1 Å². The number of halogens is 2. The van der Waals surface area contributed by atoms with E-state index >= 15 is 0 Å². The number of nitrogens with one attached hydrogen (secondary N) is 2. The first-order valence-electron chi connectivity index (χ1n) is 7.84. The highest BCUT2D eigenvalue weighted by molar-refractivity contribution is 8.00. The van der Waals surface area contributed by atoms with Crippen molar-refractivity contribution in [3.05, 3.63) is 64.3 Å². The molecule has 0 atom stereocenters. The van der Waals surface area contributed by atoms with Crippen molar-refractivity contribution >= 4 is 46.8 Å². The molecule has 0 radical (unpaired) electrons. The molecule has 3 rings (SSSR count). The Morgan fingerprint density at radius 1 is 1.04 bits per heavy atom. The quantitative estimate of drug-likeness (QED) is 0.275. The summed E-state index contributed by atoms with van der Waals surface area (Å²) in [6, 6.07) is 14.7. The Balaban J connectivity index is 1.75. The lowest BCUT2D eigenvalue weighted by Crippen LogP contribution is -1.99. The van der Waals surface area contributed by atoms with Gasteiger partial charge in [0.1, 0.15) is 5.15 Å². The molecule has 27 heavy (non-hydrogen) atoms. The van der Waals surface area contributed by atoms with Gasteiger partial charge in [0.15, 0.2) is 5.75 Å². The first-order valence-corrected chi connectivity index (χ1v) is 9.42. The van der Waals surface area contributed by atoms with Crippen molar-refractivity contribution in [1.82, 2.24) is 9.97 Å². The molecule has 2 N–H and O–H groups in total. The number of anilines is 2. The van der Waals surface area contributed by atoms with Crippen molar-refractivity contribution in [3.8, 4) is 11.6 Å². The maximum absolute atomic E-state index is 6.20. The van der Waals surface area contributed by atoms with Crippen molar-refractivity contribution in [1.29, 1.82) is 0 Å². The lowest BCUT2D eigenvalue weighted by Gasteiger charge is -2.11. The van der Waals surface area contributed by atoms with E-state index in [9.17, 15) is 0 Å². The SMILES string of the molecule is CONc1cccc(SNc2nc(Cl)cc(Oc3c(C)cccc3Cl)n2)c1. The van der Waals surface area contributed by atoms with Gasteiger partial charge < -0.3 is 4.74 Å².